The SMILES string of the molecule is CCCCCCCCCc1cc[c]c(CC(CC)CCCC)c1. The van der Waals surface area contributed by atoms with E-state index in [1.54, 1.807) is 0 Å². The zero-order valence-corrected chi connectivity index (χ0v) is 16.0. The highest BCUT2D eigenvalue weighted by Crippen LogP contribution is 2.20. The molecule has 0 aliphatic rings. The normalized spacial score (nSPS) is 12.5. The number of rotatable bonds is 14. The minimum atomic E-state index is 0.847. The molecule has 0 amide bonds. The van der Waals surface area contributed by atoms with Gasteiger partial charge < -0.3 is 0 Å². The van der Waals surface area contributed by atoms with Crippen LogP contribution in [0.1, 0.15) is 103 Å². The topological polar surface area (TPSA) is 0 Å². The monoisotopic (exact) mass is 315 g/mol. The van der Waals surface area contributed by atoms with Gasteiger partial charge in [0.25, 0.3) is 0 Å². The van der Waals surface area contributed by atoms with E-state index in [-0.39, 0.29) is 0 Å². The summed E-state index contributed by atoms with van der Waals surface area (Å²) in [6, 6.07) is 10.3. The molecule has 0 spiro atoms. The van der Waals surface area contributed by atoms with Gasteiger partial charge in [0.15, 0.2) is 0 Å². The molecule has 1 unspecified atom stereocenters. The van der Waals surface area contributed by atoms with Crippen molar-refractivity contribution in [2.24, 2.45) is 5.92 Å². The van der Waals surface area contributed by atoms with Gasteiger partial charge in [-0.1, -0.05) is 103 Å². The predicted octanol–water partition coefficient (Wildman–Crippen LogP) is 7.54. The quantitative estimate of drug-likeness (QED) is 0.311. The van der Waals surface area contributed by atoms with Crippen molar-refractivity contribution in [1.82, 2.24) is 0 Å². The zero-order valence-electron chi connectivity index (χ0n) is 16.0. The summed E-state index contributed by atoms with van der Waals surface area (Å²) < 4.78 is 0. The van der Waals surface area contributed by atoms with E-state index < -0.39 is 0 Å². The third kappa shape index (κ3) is 9.84. The first-order valence-electron chi connectivity index (χ1n) is 10.3. The lowest BCUT2D eigenvalue weighted by atomic mass is 9.91. The van der Waals surface area contributed by atoms with E-state index in [0.717, 1.165) is 5.92 Å². The maximum Gasteiger partial charge on any atom is -0.0149 e. The van der Waals surface area contributed by atoms with E-state index in [1.807, 2.05) is 0 Å². The summed E-state index contributed by atoms with van der Waals surface area (Å²) >= 11 is 0. The van der Waals surface area contributed by atoms with Crippen LogP contribution in [0.15, 0.2) is 18.2 Å². The number of hydrogen-bond donors (Lipinski definition) is 0. The second kappa shape index (κ2) is 13.6. The van der Waals surface area contributed by atoms with Crippen LogP contribution in [-0.2, 0) is 12.8 Å². The summed E-state index contributed by atoms with van der Waals surface area (Å²) in [7, 11) is 0. The second-order valence-corrected chi connectivity index (χ2v) is 7.21. The molecule has 1 atom stereocenters. The molecule has 1 aromatic rings. The van der Waals surface area contributed by atoms with Crippen molar-refractivity contribution < 1.29 is 0 Å². The van der Waals surface area contributed by atoms with Crippen LogP contribution in [0.4, 0.5) is 0 Å². The molecule has 0 bridgehead atoms. The van der Waals surface area contributed by atoms with Crippen molar-refractivity contribution in [3.05, 3.63) is 35.4 Å². The lowest BCUT2D eigenvalue weighted by Crippen LogP contribution is -2.04. The van der Waals surface area contributed by atoms with Crippen LogP contribution in [0.2, 0.25) is 0 Å². The molecule has 0 N–H and O–H groups in total. The Morgan fingerprint density at radius 1 is 0.870 bits per heavy atom. The summed E-state index contributed by atoms with van der Waals surface area (Å²) in [5.41, 5.74) is 2.96. The van der Waals surface area contributed by atoms with Crippen LogP contribution in [0.25, 0.3) is 0 Å². The van der Waals surface area contributed by atoms with Crippen molar-refractivity contribution in [3.8, 4) is 0 Å². The maximum absolute atomic E-state index is 3.47. The Balaban J connectivity index is 2.29. The molecule has 0 aromatic heterocycles. The highest BCUT2D eigenvalue weighted by Gasteiger charge is 2.07. The summed E-state index contributed by atoms with van der Waals surface area (Å²) in [6.07, 6.45) is 17.6. The summed E-state index contributed by atoms with van der Waals surface area (Å²) in [6.45, 7) is 6.92. The fourth-order valence-electron chi connectivity index (χ4n) is 3.38. The van der Waals surface area contributed by atoms with Gasteiger partial charge in [-0.25, -0.2) is 0 Å². The van der Waals surface area contributed by atoms with Gasteiger partial charge in [0, 0.05) is 0 Å². The van der Waals surface area contributed by atoms with Gasteiger partial charge in [0.1, 0.15) is 0 Å². The van der Waals surface area contributed by atoms with Gasteiger partial charge in [0.05, 0.1) is 0 Å². The van der Waals surface area contributed by atoms with Crippen molar-refractivity contribution in [1.29, 1.82) is 0 Å². The van der Waals surface area contributed by atoms with E-state index in [9.17, 15) is 0 Å². The molecule has 0 heteroatoms. The van der Waals surface area contributed by atoms with Crippen molar-refractivity contribution in [2.45, 2.75) is 104 Å². The summed E-state index contributed by atoms with van der Waals surface area (Å²) in [5.74, 6) is 0.847. The molecule has 0 heterocycles. The Morgan fingerprint density at radius 3 is 2.26 bits per heavy atom. The van der Waals surface area contributed by atoms with E-state index in [0.29, 0.717) is 0 Å². The Hall–Kier alpha value is -0.780. The molecule has 1 radical (unpaired) electrons. The van der Waals surface area contributed by atoms with Crippen molar-refractivity contribution in [3.63, 3.8) is 0 Å². The highest BCUT2D eigenvalue weighted by molar-refractivity contribution is 5.23. The van der Waals surface area contributed by atoms with Gasteiger partial charge in [-0.3, -0.25) is 0 Å². The van der Waals surface area contributed by atoms with Crippen LogP contribution in [-0.4, -0.2) is 0 Å². The molecule has 0 saturated carbocycles. The first-order chi connectivity index (χ1) is 11.3. The smallest absolute Gasteiger partial charge is 0.0149 e. The largest absolute Gasteiger partial charge is 0.0654 e. The first-order valence-corrected chi connectivity index (χ1v) is 10.3. The van der Waals surface area contributed by atoms with Crippen LogP contribution in [0, 0.1) is 12.0 Å². The molecule has 0 nitrogen and oxygen atoms in total. The van der Waals surface area contributed by atoms with Gasteiger partial charge in [-0.15, -0.1) is 0 Å². The Labute approximate surface area is 146 Å². The Kier molecular flexibility index (Phi) is 12.0. The average molecular weight is 316 g/mol. The number of unbranched alkanes of at least 4 members (excludes halogenated alkanes) is 7. The molecule has 1 aromatic carbocycles. The van der Waals surface area contributed by atoms with Gasteiger partial charge in [-0.05, 0) is 42.4 Å². The molecule has 1 rings (SSSR count). The molecule has 0 fully saturated rings. The molecular formula is C23H39. The van der Waals surface area contributed by atoms with E-state index in [1.165, 1.54) is 94.6 Å². The summed E-state index contributed by atoms with van der Waals surface area (Å²) in [4.78, 5) is 0. The van der Waals surface area contributed by atoms with E-state index in [4.69, 9.17) is 0 Å². The molecule has 0 aliphatic carbocycles. The maximum atomic E-state index is 3.47. The van der Waals surface area contributed by atoms with Crippen LogP contribution < -0.4 is 0 Å². The van der Waals surface area contributed by atoms with E-state index >= 15 is 0 Å². The Bertz CT molecular complexity index is 379. The number of aryl methyl sites for hydroxylation is 1. The standard InChI is InChI=1S/C23H39/c1-4-7-9-10-11-12-13-16-22-17-14-18-23(20-22)19-21(6-3)15-8-5-2/h14,17,20-21H,4-13,15-16,19H2,1-3H3. The minimum Gasteiger partial charge on any atom is -0.0654 e. The molecular weight excluding hydrogens is 276 g/mol. The van der Waals surface area contributed by atoms with E-state index in [2.05, 4.69) is 45.0 Å². The minimum absolute atomic E-state index is 0.847. The van der Waals surface area contributed by atoms with Gasteiger partial charge in [-0.2, -0.15) is 0 Å². The number of hydrogen-bond acceptors (Lipinski definition) is 0. The molecule has 0 aliphatic heterocycles. The average Bonchev–Trinajstić information content (AvgIpc) is 2.58. The van der Waals surface area contributed by atoms with Gasteiger partial charge >= 0.3 is 0 Å². The van der Waals surface area contributed by atoms with Crippen LogP contribution >= 0.6 is 0 Å². The van der Waals surface area contributed by atoms with Crippen LogP contribution in [0.5, 0.6) is 0 Å². The molecule has 131 valence electrons. The Morgan fingerprint density at radius 2 is 1.57 bits per heavy atom. The highest BCUT2D eigenvalue weighted by atomic mass is 14.1. The number of benzene rings is 1. The summed E-state index contributed by atoms with van der Waals surface area (Å²) in [5, 5.41) is 0. The third-order valence-corrected chi connectivity index (χ3v) is 5.05. The predicted molar refractivity (Wildman–Crippen MR) is 104 cm³/mol. The molecule has 0 saturated heterocycles. The molecule has 23 heavy (non-hydrogen) atoms. The lowest BCUT2D eigenvalue weighted by molar-refractivity contribution is 0.449. The van der Waals surface area contributed by atoms with Gasteiger partial charge in [0.2, 0.25) is 0 Å². The van der Waals surface area contributed by atoms with Crippen LogP contribution in [0.3, 0.4) is 0 Å². The lowest BCUT2D eigenvalue weighted by Gasteiger charge is -2.15. The van der Waals surface area contributed by atoms with Crippen molar-refractivity contribution >= 4 is 0 Å². The third-order valence-electron chi connectivity index (χ3n) is 5.05. The zero-order chi connectivity index (χ0) is 16.8. The second-order valence-electron chi connectivity index (χ2n) is 7.21. The fourth-order valence-corrected chi connectivity index (χ4v) is 3.38. The first kappa shape index (κ1) is 20.3. The van der Waals surface area contributed by atoms with Crippen molar-refractivity contribution in [2.75, 3.05) is 0 Å². The fraction of sp³-hybridized carbons (Fsp3) is 0.739.